The van der Waals surface area contributed by atoms with E-state index >= 15 is 0 Å². The molecule has 3 N–H and O–H groups in total. The Kier molecular flexibility index (Phi) is 5.15. The summed E-state index contributed by atoms with van der Waals surface area (Å²) in [6.07, 6.45) is 1.13. The third kappa shape index (κ3) is 3.97. The van der Waals surface area contributed by atoms with Gasteiger partial charge in [-0.05, 0) is 48.9 Å². The van der Waals surface area contributed by atoms with E-state index in [4.69, 9.17) is 0 Å². The van der Waals surface area contributed by atoms with Crippen molar-refractivity contribution < 1.29 is 9.72 Å². The summed E-state index contributed by atoms with van der Waals surface area (Å²) in [6, 6.07) is 17.0. The summed E-state index contributed by atoms with van der Waals surface area (Å²) in [6.45, 7) is 1.87. The standard InChI is InChI=1S/C22H17N5O4/c1-13-4-2-3-5-16(13)21(28)26-15-8-6-14(7-9-15)25-17-10-11-18(27(30)31)20-19(17)22(29)24-12-23-20/h2-12,25H,1H3,(H,26,28)(H,23,24,29). The highest BCUT2D eigenvalue weighted by Crippen LogP contribution is 2.29. The molecule has 0 aliphatic rings. The van der Waals surface area contributed by atoms with Crippen LogP contribution in [0.3, 0.4) is 0 Å². The number of carbonyl (C=O) groups is 1. The number of rotatable bonds is 5. The number of nitrogens with zero attached hydrogens (tertiary/aromatic N) is 2. The SMILES string of the molecule is Cc1ccccc1C(=O)Nc1ccc(Nc2ccc([N+](=O)[O-])c3nc[nH]c(=O)c23)cc1. The summed E-state index contributed by atoms with van der Waals surface area (Å²) in [5.74, 6) is -0.210. The highest BCUT2D eigenvalue weighted by atomic mass is 16.6. The molecule has 31 heavy (non-hydrogen) atoms. The summed E-state index contributed by atoms with van der Waals surface area (Å²) >= 11 is 0. The summed E-state index contributed by atoms with van der Waals surface area (Å²) in [4.78, 5) is 41.8. The number of hydrogen-bond donors (Lipinski definition) is 3. The molecular formula is C22H17N5O4. The minimum absolute atomic E-state index is 0.000800. The Bertz CT molecular complexity index is 1360. The van der Waals surface area contributed by atoms with Crippen LogP contribution in [0.1, 0.15) is 15.9 Å². The first-order chi connectivity index (χ1) is 14.9. The van der Waals surface area contributed by atoms with Crippen LogP contribution in [0.4, 0.5) is 22.7 Å². The molecule has 0 fully saturated rings. The van der Waals surface area contributed by atoms with Crippen LogP contribution in [0, 0.1) is 17.0 Å². The molecule has 0 bridgehead atoms. The van der Waals surface area contributed by atoms with Gasteiger partial charge < -0.3 is 15.6 Å². The molecule has 0 unspecified atom stereocenters. The maximum Gasteiger partial charge on any atom is 0.295 e. The molecule has 3 aromatic carbocycles. The van der Waals surface area contributed by atoms with Crippen molar-refractivity contribution in [3.8, 4) is 0 Å². The van der Waals surface area contributed by atoms with Crippen LogP contribution in [0.2, 0.25) is 0 Å². The topological polar surface area (TPSA) is 130 Å². The average molecular weight is 415 g/mol. The van der Waals surface area contributed by atoms with Gasteiger partial charge in [-0.2, -0.15) is 0 Å². The molecule has 0 saturated heterocycles. The largest absolute Gasteiger partial charge is 0.355 e. The number of carbonyl (C=O) groups excluding carboxylic acids is 1. The highest BCUT2D eigenvalue weighted by Gasteiger charge is 2.18. The van der Waals surface area contributed by atoms with Crippen molar-refractivity contribution in [2.45, 2.75) is 6.92 Å². The first-order valence-corrected chi connectivity index (χ1v) is 9.33. The second-order valence-electron chi connectivity index (χ2n) is 6.82. The van der Waals surface area contributed by atoms with E-state index in [-0.39, 0.29) is 22.5 Å². The average Bonchev–Trinajstić information content (AvgIpc) is 2.75. The molecule has 9 nitrogen and oxygen atoms in total. The van der Waals surface area contributed by atoms with Crippen molar-refractivity contribution in [2.75, 3.05) is 10.6 Å². The maximum absolute atomic E-state index is 12.5. The summed E-state index contributed by atoms with van der Waals surface area (Å²) in [5.41, 5.74) is 2.35. The van der Waals surface area contributed by atoms with E-state index in [1.54, 1.807) is 36.4 Å². The van der Waals surface area contributed by atoms with Crippen molar-refractivity contribution in [1.29, 1.82) is 0 Å². The normalized spacial score (nSPS) is 10.6. The number of H-pyrrole nitrogens is 1. The Morgan fingerprint density at radius 2 is 1.74 bits per heavy atom. The number of anilines is 3. The second-order valence-corrected chi connectivity index (χ2v) is 6.82. The van der Waals surface area contributed by atoms with Crippen molar-refractivity contribution in [1.82, 2.24) is 9.97 Å². The van der Waals surface area contributed by atoms with Gasteiger partial charge in [0.1, 0.15) is 0 Å². The van der Waals surface area contributed by atoms with Gasteiger partial charge in [0, 0.05) is 23.0 Å². The fraction of sp³-hybridized carbons (Fsp3) is 0.0455. The zero-order valence-corrected chi connectivity index (χ0v) is 16.4. The Morgan fingerprint density at radius 3 is 2.45 bits per heavy atom. The molecule has 0 atom stereocenters. The van der Waals surface area contributed by atoms with E-state index in [1.807, 2.05) is 19.1 Å². The zero-order valence-electron chi connectivity index (χ0n) is 16.4. The Hall–Kier alpha value is -4.53. The number of fused-ring (bicyclic) bond motifs is 1. The second kappa shape index (κ2) is 8.07. The minimum Gasteiger partial charge on any atom is -0.355 e. The van der Waals surface area contributed by atoms with E-state index in [0.29, 0.717) is 22.6 Å². The smallest absolute Gasteiger partial charge is 0.295 e. The molecule has 0 aliphatic heterocycles. The molecule has 0 saturated carbocycles. The summed E-state index contributed by atoms with van der Waals surface area (Å²) < 4.78 is 0. The molecule has 0 spiro atoms. The molecular weight excluding hydrogens is 398 g/mol. The predicted molar refractivity (Wildman–Crippen MR) is 118 cm³/mol. The van der Waals surface area contributed by atoms with Gasteiger partial charge in [-0.25, -0.2) is 4.98 Å². The van der Waals surface area contributed by atoms with Gasteiger partial charge in [0.2, 0.25) is 0 Å². The quantitative estimate of drug-likeness (QED) is 0.332. The lowest BCUT2D eigenvalue weighted by Crippen LogP contribution is -2.13. The van der Waals surface area contributed by atoms with Crippen molar-refractivity contribution in [3.05, 3.63) is 98.6 Å². The van der Waals surface area contributed by atoms with Crippen LogP contribution in [-0.4, -0.2) is 20.8 Å². The molecule has 0 aliphatic carbocycles. The van der Waals surface area contributed by atoms with Crippen LogP contribution in [0.5, 0.6) is 0 Å². The lowest BCUT2D eigenvalue weighted by Gasteiger charge is -2.11. The summed E-state index contributed by atoms with van der Waals surface area (Å²) in [5, 5.41) is 17.3. The molecule has 1 heterocycles. The van der Waals surface area contributed by atoms with Crippen LogP contribution in [0.15, 0.2) is 71.8 Å². The van der Waals surface area contributed by atoms with Crippen LogP contribution in [-0.2, 0) is 0 Å². The number of aromatic amines is 1. The monoisotopic (exact) mass is 415 g/mol. The number of nitro groups is 1. The number of aromatic nitrogens is 2. The predicted octanol–water partition coefficient (Wildman–Crippen LogP) is 4.14. The van der Waals surface area contributed by atoms with Gasteiger partial charge in [-0.15, -0.1) is 0 Å². The minimum atomic E-state index is -0.579. The van der Waals surface area contributed by atoms with Gasteiger partial charge in [0.05, 0.1) is 22.3 Å². The van der Waals surface area contributed by atoms with Crippen LogP contribution >= 0.6 is 0 Å². The third-order valence-electron chi connectivity index (χ3n) is 4.78. The Morgan fingerprint density at radius 1 is 1.03 bits per heavy atom. The van der Waals surface area contributed by atoms with E-state index < -0.39 is 10.5 Å². The van der Waals surface area contributed by atoms with Gasteiger partial charge in [-0.3, -0.25) is 19.7 Å². The molecule has 1 amide bonds. The van der Waals surface area contributed by atoms with Gasteiger partial charge >= 0.3 is 0 Å². The van der Waals surface area contributed by atoms with E-state index in [1.165, 1.54) is 12.1 Å². The first kappa shape index (κ1) is 19.8. The highest BCUT2D eigenvalue weighted by molar-refractivity contribution is 6.05. The van der Waals surface area contributed by atoms with Crippen molar-refractivity contribution in [3.63, 3.8) is 0 Å². The number of nitro benzene ring substituents is 1. The summed E-state index contributed by atoms with van der Waals surface area (Å²) in [7, 11) is 0. The number of nitrogens with one attached hydrogen (secondary N) is 3. The lowest BCUT2D eigenvalue weighted by atomic mass is 10.1. The fourth-order valence-corrected chi connectivity index (χ4v) is 3.24. The number of aryl methyl sites for hydroxylation is 1. The maximum atomic E-state index is 12.5. The van der Waals surface area contributed by atoms with Gasteiger partial charge in [0.25, 0.3) is 17.2 Å². The molecule has 4 rings (SSSR count). The Labute approximate surface area is 175 Å². The lowest BCUT2D eigenvalue weighted by molar-refractivity contribution is -0.383. The molecule has 4 aromatic rings. The first-order valence-electron chi connectivity index (χ1n) is 9.33. The third-order valence-corrected chi connectivity index (χ3v) is 4.78. The van der Waals surface area contributed by atoms with Gasteiger partial charge in [0.15, 0.2) is 5.52 Å². The number of benzene rings is 3. The van der Waals surface area contributed by atoms with E-state index in [0.717, 1.165) is 11.9 Å². The molecule has 1 aromatic heterocycles. The molecule has 154 valence electrons. The molecule has 0 radical (unpaired) electrons. The van der Waals surface area contributed by atoms with Crippen LogP contribution < -0.4 is 16.2 Å². The van der Waals surface area contributed by atoms with Crippen molar-refractivity contribution >= 4 is 39.6 Å². The number of non-ortho nitro benzene ring substituents is 1. The van der Waals surface area contributed by atoms with Crippen molar-refractivity contribution in [2.24, 2.45) is 0 Å². The number of amides is 1. The molecule has 9 heteroatoms. The van der Waals surface area contributed by atoms with Gasteiger partial charge in [-0.1, -0.05) is 18.2 Å². The number of hydrogen-bond acceptors (Lipinski definition) is 6. The van der Waals surface area contributed by atoms with Crippen LogP contribution in [0.25, 0.3) is 10.9 Å². The van der Waals surface area contributed by atoms with E-state index in [9.17, 15) is 19.7 Å². The Balaban J connectivity index is 1.59. The fourth-order valence-electron chi connectivity index (χ4n) is 3.24. The van der Waals surface area contributed by atoms with E-state index in [2.05, 4.69) is 20.6 Å². The zero-order chi connectivity index (χ0) is 22.0.